The van der Waals surface area contributed by atoms with Gasteiger partial charge in [-0.05, 0) is 30.5 Å². The van der Waals surface area contributed by atoms with E-state index in [0.29, 0.717) is 26.0 Å². The van der Waals surface area contributed by atoms with Gasteiger partial charge in [0, 0.05) is 25.6 Å². The number of aliphatic hydroxyl groups is 2. The monoisotopic (exact) mass is 295 g/mol. The number of hydrogen-bond acceptors (Lipinski definition) is 5. The summed E-state index contributed by atoms with van der Waals surface area (Å²) < 4.78 is 10.5. The summed E-state index contributed by atoms with van der Waals surface area (Å²) >= 11 is 0. The lowest BCUT2D eigenvalue weighted by molar-refractivity contribution is 0.0438. The fourth-order valence-corrected chi connectivity index (χ4v) is 3.12. The Balaban J connectivity index is 1.90. The van der Waals surface area contributed by atoms with Crippen molar-refractivity contribution >= 4 is 0 Å². The molecule has 0 amide bonds. The minimum absolute atomic E-state index is 0.202. The van der Waals surface area contributed by atoms with Gasteiger partial charge in [0.15, 0.2) is 0 Å². The van der Waals surface area contributed by atoms with Crippen LogP contribution in [-0.4, -0.2) is 49.8 Å². The van der Waals surface area contributed by atoms with Crippen LogP contribution in [-0.2, 0) is 11.3 Å². The van der Waals surface area contributed by atoms with Crippen LogP contribution < -0.4 is 10.1 Å². The van der Waals surface area contributed by atoms with Gasteiger partial charge in [0.2, 0.25) is 0 Å². The van der Waals surface area contributed by atoms with Gasteiger partial charge in [0.1, 0.15) is 5.75 Å². The molecule has 3 N–H and O–H groups in total. The largest absolute Gasteiger partial charge is 0.497 e. The molecule has 0 bridgehead atoms. The SMILES string of the molecule is COCC1(CNCc2cccc(OC)c2)CC(O)C(O)C1. The van der Waals surface area contributed by atoms with Crippen molar-refractivity contribution in [2.75, 3.05) is 27.4 Å². The van der Waals surface area contributed by atoms with Gasteiger partial charge in [0.25, 0.3) is 0 Å². The number of aliphatic hydroxyl groups excluding tert-OH is 2. The highest BCUT2D eigenvalue weighted by Gasteiger charge is 2.43. The third kappa shape index (κ3) is 4.17. The first-order chi connectivity index (χ1) is 10.1. The quantitative estimate of drug-likeness (QED) is 0.698. The van der Waals surface area contributed by atoms with E-state index in [1.54, 1.807) is 14.2 Å². The predicted molar refractivity (Wildman–Crippen MR) is 80.3 cm³/mol. The Bertz CT molecular complexity index is 442. The number of ether oxygens (including phenoxy) is 2. The molecule has 1 aliphatic rings. The van der Waals surface area contributed by atoms with Crippen LogP contribution in [0, 0.1) is 5.41 Å². The minimum Gasteiger partial charge on any atom is -0.497 e. The molecule has 2 atom stereocenters. The summed E-state index contributed by atoms with van der Waals surface area (Å²) in [7, 11) is 3.31. The number of methoxy groups -OCH3 is 2. The zero-order valence-electron chi connectivity index (χ0n) is 12.7. The molecule has 1 saturated carbocycles. The number of rotatable bonds is 7. The van der Waals surface area contributed by atoms with Crippen LogP contribution in [0.4, 0.5) is 0 Å². The van der Waals surface area contributed by atoms with Crippen LogP contribution in [0.25, 0.3) is 0 Å². The average Bonchev–Trinajstić information content (AvgIpc) is 2.74. The fourth-order valence-electron chi connectivity index (χ4n) is 3.12. The highest BCUT2D eigenvalue weighted by molar-refractivity contribution is 5.28. The molecule has 2 unspecified atom stereocenters. The highest BCUT2D eigenvalue weighted by atomic mass is 16.5. The van der Waals surface area contributed by atoms with Gasteiger partial charge in [-0.2, -0.15) is 0 Å². The number of nitrogens with one attached hydrogen (secondary N) is 1. The Labute approximate surface area is 125 Å². The molecule has 5 heteroatoms. The van der Waals surface area contributed by atoms with E-state index in [9.17, 15) is 10.2 Å². The number of benzene rings is 1. The zero-order chi connectivity index (χ0) is 15.3. The summed E-state index contributed by atoms with van der Waals surface area (Å²) in [6.45, 7) is 1.95. The second-order valence-corrected chi connectivity index (χ2v) is 5.93. The first kappa shape index (κ1) is 16.2. The summed E-state index contributed by atoms with van der Waals surface area (Å²) in [4.78, 5) is 0. The molecule has 1 fully saturated rings. The average molecular weight is 295 g/mol. The summed E-state index contributed by atoms with van der Waals surface area (Å²) in [6.07, 6.45) is -0.183. The van der Waals surface area contributed by atoms with E-state index in [0.717, 1.165) is 17.9 Å². The molecule has 0 aliphatic heterocycles. The maximum absolute atomic E-state index is 9.79. The predicted octanol–water partition coefficient (Wildman–Crippen LogP) is 0.933. The van der Waals surface area contributed by atoms with Crippen molar-refractivity contribution in [1.29, 1.82) is 0 Å². The van der Waals surface area contributed by atoms with Crippen LogP contribution in [0.1, 0.15) is 18.4 Å². The van der Waals surface area contributed by atoms with Gasteiger partial charge >= 0.3 is 0 Å². The molecule has 5 nitrogen and oxygen atoms in total. The van der Waals surface area contributed by atoms with E-state index >= 15 is 0 Å². The molecule has 21 heavy (non-hydrogen) atoms. The molecule has 118 valence electrons. The van der Waals surface area contributed by atoms with Crippen LogP contribution in [0.5, 0.6) is 5.75 Å². The van der Waals surface area contributed by atoms with E-state index in [1.165, 1.54) is 0 Å². The second kappa shape index (κ2) is 7.22. The molecule has 0 spiro atoms. The Hall–Kier alpha value is -1.14. The maximum atomic E-state index is 9.79. The summed E-state index contributed by atoms with van der Waals surface area (Å²) in [5.41, 5.74) is 0.938. The first-order valence-corrected chi connectivity index (χ1v) is 7.27. The Morgan fingerprint density at radius 2 is 1.95 bits per heavy atom. The first-order valence-electron chi connectivity index (χ1n) is 7.27. The van der Waals surface area contributed by atoms with Crippen molar-refractivity contribution < 1.29 is 19.7 Å². The van der Waals surface area contributed by atoms with Crippen LogP contribution in [0.2, 0.25) is 0 Å². The highest BCUT2D eigenvalue weighted by Crippen LogP contribution is 2.38. The molecule has 0 aromatic heterocycles. The van der Waals surface area contributed by atoms with Gasteiger partial charge in [-0.1, -0.05) is 12.1 Å². The maximum Gasteiger partial charge on any atom is 0.119 e. The molecular formula is C16H25NO4. The van der Waals surface area contributed by atoms with E-state index in [4.69, 9.17) is 9.47 Å². The smallest absolute Gasteiger partial charge is 0.119 e. The topological polar surface area (TPSA) is 71.0 Å². The number of hydrogen-bond donors (Lipinski definition) is 3. The van der Waals surface area contributed by atoms with Crippen molar-refractivity contribution in [3.63, 3.8) is 0 Å². The molecular weight excluding hydrogens is 270 g/mol. The van der Waals surface area contributed by atoms with Gasteiger partial charge in [-0.25, -0.2) is 0 Å². The van der Waals surface area contributed by atoms with Gasteiger partial charge in [-0.3, -0.25) is 0 Å². The zero-order valence-corrected chi connectivity index (χ0v) is 12.7. The lowest BCUT2D eigenvalue weighted by atomic mass is 9.86. The minimum atomic E-state index is -0.654. The van der Waals surface area contributed by atoms with Crippen molar-refractivity contribution in [2.45, 2.75) is 31.6 Å². The van der Waals surface area contributed by atoms with E-state index < -0.39 is 12.2 Å². The molecule has 1 aromatic carbocycles. The molecule has 0 heterocycles. The van der Waals surface area contributed by atoms with Gasteiger partial charge in [-0.15, -0.1) is 0 Å². The van der Waals surface area contributed by atoms with Crippen molar-refractivity contribution in [3.05, 3.63) is 29.8 Å². The van der Waals surface area contributed by atoms with Crippen LogP contribution >= 0.6 is 0 Å². The standard InChI is InChI=1S/C16H25NO4/c1-20-11-16(7-14(18)15(19)8-16)10-17-9-12-4-3-5-13(6-12)21-2/h3-6,14-15,17-19H,7-11H2,1-2H3. The van der Waals surface area contributed by atoms with E-state index in [2.05, 4.69) is 5.32 Å². The van der Waals surface area contributed by atoms with Crippen molar-refractivity contribution in [1.82, 2.24) is 5.32 Å². The Kier molecular flexibility index (Phi) is 5.58. The Morgan fingerprint density at radius 1 is 1.24 bits per heavy atom. The van der Waals surface area contributed by atoms with Gasteiger partial charge in [0.05, 0.1) is 25.9 Å². The van der Waals surface area contributed by atoms with Gasteiger partial charge < -0.3 is 25.0 Å². The summed E-state index contributed by atoms with van der Waals surface area (Å²) in [5.74, 6) is 0.840. The van der Waals surface area contributed by atoms with E-state index in [1.807, 2.05) is 24.3 Å². The normalized spacial score (nSPS) is 28.8. The molecule has 1 aliphatic carbocycles. The molecule has 2 rings (SSSR count). The lowest BCUT2D eigenvalue weighted by Gasteiger charge is -2.28. The fraction of sp³-hybridized carbons (Fsp3) is 0.625. The second-order valence-electron chi connectivity index (χ2n) is 5.93. The van der Waals surface area contributed by atoms with Crippen molar-refractivity contribution in [3.8, 4) is 5.75 Å². The third-order valence-corrected chi connectivity index (χ3v) is 4.14. The summed E-state index contributed by atoms with van der Waals surface area (Å²) in [5, 5.41) is 23.0. The summed E-state index contributed by atoms with van der Waals surface area (Å²) in [6, 6.07) is 7.91. The Morgan fingerprint density at radius 3 is 2.57 bits per heavy atom. The van der Waals surface area contributed by atoms with Crippen LogP contribution in [0.3, 0.4) is 0 Å². The van der Waals surface area contributed by atoms with Crippen LogP contribution in [0.15, 0.2) is 24.3 Å². The van der Waals surface area contributed by atoms with E-state index in [-0.39, 0.29) is 5.41 Å². The molecule has 0 saturated heterocycles. The van der Waals surface area contributed by atoms with Crippen molar-refractivity contribution in [2.24, 2.45) is 5.41 Å². The lowest BCUT2D eigenvalue weighted by Crippen LogP contribution is -2.36. The third-order valence-electron chi connectivity index (χ3n) is 4.14. The molecule has 1 aromatic rings. The molecule has 0 radical (unpaired) electrons.